The Kier molecular flexibility index (Phi) is 6.39. The summed E-state index contributed by atoms with van der Waals surface area (Å²) >= 11 is 0. The zero-order valence-corrected chi connectivity index (χ0v) is 39.9. The molecule has 10 aromatic rings. The predicted molar refractivity (Wildman–Crippen MR) is 290 cm³/mol. The molecule has 2 spiro atoms. The highest BCUT2D eigenvalue weighted by Gasteiger charge is 2.69. The van der Waals surface area contributed by atoms with Crippen molar-refractivity contribution in [2.24, 2.45) is 0 Å². The molecule has 4 aliphatic heterocycles. The fourth-order valence-corrected chi connectivity index (χ4v) is 18.5. The fourth-order valence-electron chi connectivity index (χ4n) is 18.5. The van der Waals surface area contributed by atoms with Crippen molar-refractivity contribution >= 4 is 58.2 Å². The molecule has 72 heavy (non-hydrogen) atoms. The molecule has 0 amide bonds. The fraction of sp³-hybridized carbons (Fsp3) is 0.215. The van der Waals surface area contributed by atoms with Crippen LogP contribution in [0.15, 0.2) is 164 Å². The first-order valence-corrected chi connectivity index (χ1v) is 27.2. The van der Waals surface area contributed by atoms with Gasteiger partial charge in [0.2, 0.25) is 0 Å². The number of para-hydroxylation sites is 3. The van der Waals surface area contributed by atoms with E-state index in [1.807, 2.05) is 0 Å². The number of rotatable bonds is 0. The first-order valence-electron chi connectivity index (χ1n) is 27.2. The number of hydrogen-bond donors (Lipinski definition) is 0. The lowest BCUT2D eigenvalue weighted by atomic mass is 9.46. The van der Waals surface area contributed by atoms with Crippen LogP contribution in [0.5, 0.6) is 0 Å². The molecule has 2 saturated carbocycles. The summed E-state index contributed by atoms with van der Waals surface area (Å²) in [7, 11) is 0. The van der Waals surface area contributed by atoms with Crippen LogP contribution in [0, 0.1) is 0 Å². The number of imidazole rings is 1. The maximum atomic E-state index is 6.02. The molecular formula is C65H47B2N5. The highest BCUT2D eigenvalue weighted by molar-refractivity contribution is 6.90. The van der Waals surface area contributed by atoms with Gasteiger partial charge in [0, 0.05) is 11.2 Å². The number of benzene rings is 8. The Hall–Kier alpha value is -7.34. The van der Waals surface area contributed by atoms with Gasteiger partial charge in [0.05, 0.1) is 27.8 Å². The van der Waals surface area contributed by atoms with E-state index in [-0.39, 0.29) is 14.0 Å². The molecule has 8 aromatic carbocycles. The summed E-state index contributed by atoms with van der Waals surface area (Å²) in [6.07, 6.45) is 10.3. The highest BCUT2D eigenvalue weighted by atomic mass is 15.6. The van der Waals surface area contributed by atoms with Crippen LogP contribution in [0.4, 0.5) is 11.4 Å². The van der Waals surface area contributed by atoms with Crippen LogP contribution in [0.2, 0.25) is 0 Å². The third kappa shape index (κ3) is 3.79. The monoisotopic (exact) mass is 919 g/mol. The summed E-state index contributed by atoms with van der Waals surface area (Å²) in [5, 5.41) is 4.30. The minimum Gasteiger partial charge on any atom is -0.368 e. The summed E-state index contributed by atoms with van der Waals surface area (Å²) in [5.41, 5.74) is 30.7. The molecule has 0 unspecified atom stereocenters. The molecule has 22 rings (SSSR count). The van der Waals surface area contributed by atoms with Crippen molar-refractivity contribution in [2.45, 2.75) is 85.9 Å². The average Bonchev–Trinajstić information content (AvgIpc) is 4.29. The van der Waals surface area contributed by atoms with Gasteiger partial charge in [-0.25, -0.2) is 9.81 Å². The molecule has 2 aromatic heterocycles. The van der Waals surface area contributed by atoms with Gasteiger partial charge in [-0.2, -0.15) is 0 Å². The van der Waals surface area contributed by atoms with Gasteiger partial charge < -0.3 is 8.96 Å². The van der Waals surface area contributed by atoms with E-state index in [1.54, 1.807) is 22.3 Å². The van der Waals surface area contributed by atoms with Gasteiger partial charge >= 0.3 is 14.0 Å². The van der Waals surface area contributed by atoms with E-state index in [0.29, 0.717) is 23.7 Å². The average molecular weight is 920 g/mol. The first-order chi connectivity index (χ1) is 35.7. The molecule has 0 radical (unpaired) electrons. The lowest BCUT2D eigenvalue weighted by molar-refractivity contribution is 0.356. The minimum atomic E-state index is -0.595. The van der Waals surface area contributed by atoms with E-state index in [1.165, 1.54) is 151 Å². The summed E-state index contributed by atoms with van der Waals surface area (Å²) in [4.78, 5) is 8.99. The van der Waals surface area contributed by atoms with E-state index < -0.39 is 10.8 Å². The second-order valence-electron chi connectivity index (χ2n) is 23.3. The van der Waals surface area contributed by atoms with Gasteiger partial charge in [-0.15, -0.1) is 0 Å². The van der Waals surface area contributed by atoms with Crippen LogP contribution in [-0.4, -0.2) is 32.7 Å². The Bertz CT molecular complexity index is 3860. The van der Waals surface area contributed by atoms with Crippen molar-refractivity contribution in [1.29, 1.82) is 0 Å². The number of anilines is 2. The summed E-state index contributed by atoms with van der Waals surface area (Å²) in [5.74, 6) is 3.37. The molecule has 338 valence electrons. The highest BCUT2D eigenvalue weighted by Crippen LogP contribution is 2.67. The van der Waals surface area contributed by atoms with Crippen LogP contribution in [0.25, 0.3) is 44.2 Å². The maximum absolute atomic E-state index is 6.02. The van der Waals surface area contributed by atoms with Crippen LogP contribution in [0.1, 0.15) is 142 Å². The van der Waals surface area contributed by atoms with E-state index in [0.717, 1.165) is 11.3 Å². The zero-order valence-electron chi connectivity index (χ0n) is 39.9. The Morgan fingerprint density at radius 3 is 1.43 bits per heavy atom. The molecular weight excluding hydrogens is 872 g/mol. The van der Waals surface area contributed by atoms with E-state index in [4.69, 9.17) is 4.98 Å². The molecule has 6 heterocycles. The molecule has 4 bridgehead atoms. The van der Waals surface area contributed by atoms with Gasteiger partial charge in [0.15, 0.2) is 0 Å². The first kappa shape index (κ1) is 37.4. The van der Waals surface area contributed by atoms with Crippen LogP contribution < -0.4 is 15.9 Å². The third-order valence-corrected chi connectivity index (χ3v) is 20.9. The van der Waals surface area contributed by atoms with Gasteiger partial charge in [0.25, 0.3) is 0 Å². The lowest BCUT2D eigenvalue weighted by Crippen LogP contribution is -2.67. The van der Waals surface area contributed by atoms with Crippen molar-refractivity contribution in [2.75, 3.05) is 5.01 Å². The number of hydrazine groups is 1. The van der Waals surface area contributed by atoms with Crippen molar-refractivity contribution in [3.8, 4) is 22.3 Å². The SMILES string of the molecule is c1ccc2c(c1)-c1ccccc1C21c2cc3c(c4c2B(N2B5c6c(cc7c(c6N42)C2CCC7CC2)C2(c4ccccc4-c4ccccc42)c2nc4ccccc4n25)n2c1cc1ccccc12)C1CCC3CC1. The van der Waals surface area contributed by atoms with Crippen LogP contribution >= 0.6 is 0 Å². The van der Waals surface area contributed by atoms with E-state index >= 15 is 0 Å². The molecule has 0 atom stereocenters. The standard InChI is InChI=1S/C65H47B2N5/c1-11-23-54-40(13-1)33-56-64(47-18-6-2-14-41(47)42-15-3-7-19-48(42)64)51-34-45-36-25-29-38(30-26-36)57(45)61-59(51)66(69(54)56)72-67-60-52(35-46-37-27-31-39(32-28-37)58(46)62(60)71(61)72)65(63-68-53-22-10-12-24-55(53)70(63)67)49-20-8-4-16-43(49)44-17-5-9-21-50(44)65/h1-24,33-39H,25-32H2. The summed E-state index contributed by atoms with van der Waals surface area (Å²) in [6.45, 7) is -0.240. The van der Waals surface area contributed by atoms with Gasteiger partial charge in [-0.1, -0.05) is 140 Å². The zero-order chi connectivity index (χ0) is 46.1. The van der Waals surface area contributed by atoms with Crippen molar-refractivity contribution in [3.63, 3.8) is 0 Å². The van der Waals surface area contributed by atoms with Crippen LogP contribution in [0.3, 0.4) is 0 Å². The van der Waals surface area contributed by atoms with E-state index in [9.17, 15) is 0 Å². The quantitative estimate of drug-likeness (QED) is 0.142. The van der Waals surface area contributed by atoms with Crippen molar-refractivity contribution < 1.29 is 0 Å². The molecule has 5 nitrogen and oxygen atoms in total. The smallest absolute Gasteiger partial charge is 0.368 e. The molecule has 12 aliphatic rings. The third-order valence-electron chi connectivity index (χ3n) is 20.9. The second-order valence-corrected chi connectivity index (χ2v) is 23.3. The normalized spacial score (nSPS) is 23.2. The van der Waals surface area contributed by atoms with Crippen LogP contribution in [-0.2, 0) is 10.8 Å². The molecule has 0 saturated heterocycles. The van der Waals surface area contributed by atoms with Crippen molar-refractivity contribution in [1.82, 2.24) is 18.8 Å². The minimum absolute atomic E-state index is 0.103. The van der Waals surface area contributed by atoms with Crippen molar-refractivity contribution in [3.05, 3.63) is 231 Å². The topological polar surface area (TPSA) is 29.2 Å². The van der Waals surface area contributed by atoms with Gasteiger partial charge in [0.1, 0.15) is 11.2 Å². The van der Waals surface area contributed by atoms with E-state index in [2.05, 4.69) is 183 Å². The predicted octanol–water partition coefficient (Wildman–Crippen LogP) is 12.7. The number of aromatic nitrogens is 3. The Morgan fingerprint density at radius 1 is 0.417 bits per heavy atom. The second kappa shape index (κ2) is 12.3. The summed E-state index contributed by atoms with van der Waals surface area (Å²) < 4.78 is 5.66. The molecule has 8 aliphatic carbocycles. The largest absolute Gasteiger partial charge is 0.396 e. The van der Waals surface area contributed by atoms with Gasteiger partial charge in [-0.05, 0) is 194 Å². The molecule has 2 fully saturated rings. The Labute approximate surface area is 419 Å². The van der Waals surface area contributed by atoms with Gasteiger partial charge in [-0.3, -0.25) is 5.01 Å². The number of nitrogens with zero attached hydrogens (tertiary/aromatic N) is 5. The Balaban J connectivity index is 1.01. The number of fused-ring (bicyclic) bond motifs is 31. The number of hydrogen-bond acceptors (Lipinski definition) is 3. The Morgan fingerprint density at radius 2 is 0.861 bits per heavy atom. The molecule has 7 heteroatoms. The summed E-state index contributed by atoms with van der Waals surface area (Å²) in [6, 6.07) is 64.5. The maximum Gasteiger partial charge on any atom is 0.396 e. The lowest BCUT2D eigenvalue weighted by Gasteiger charge is -2.46. The molecule has 0 N–H and O–H groups in total.